The molecule has 0 spiro atoms. The molecule has 48 heavy (non-hydrogen) atoms. The lowest BCUT2D eigenvalue weighted by Gasteiger charge is -2.18. The summed E-state index contributed by atoms with van der Waals surface area (Å²) in [6.07, 6.45) is 29.4. The number of carbonyl (C=O) groups is 2. The summed E-state index contributed by atoms with van der Waals surface area (Å²) >= 11 is 0. The van der Waals surface area contributed by atoms with Gasteiger partial charge >= 0.3 is 0 Å². The summed E-state index contributed by atoms with van der Waals surface area (Å²) < 4.78 is 0. The zero-order valence-electron chi connectivity index (χ0n) is 31.6. The molecular formula is C38H80N6O2S2. The molecule has 0 saturated heterocycles. The van der Waals surface area contributed by atoms with Crippen LogP contribution in [0.15, 0.2) is 0 Å². The van der Waals surface area contributed by atoms with Crippen molar-refractivity contribution in [3.63, 3.8) is 0 Å². The van der Waals surface area contributed by atoms with Gasteiger partial charge in [-0.05, 0) is 77.8 Å². The van der Waals surface area contributed by atoms with E-state index < -0.39 is 6.04 Å². The third kappa shape index (κ3) is 36.8. The number of rotatable bonds is 40. The number of hydrogen-bond donors (Lipinski definition) is 6. The molecule has 2 amide bonds. The molecule has 0 rings (SSSR count). The second-order valence-corrected chi connectivity index (χ2v) is 16.0. The average Bonchev–Trinajstić information content (AvgIpc) is 3.09. The molecule has 0 bridgehead atoms. The van der Waals surface area contributed by atoms with E-state index >= 15 is 0 Å². The minimum absolute atomic E-state index is 0.0512. The Morgan fingerprint density at radius 2 is 0.979 bits per heavy atom. The fourth-order valence-corrected chi connectivity index (χ4v) is 7.85. The molecule has 0 aliphatic carbocycles. The second-order valence-electron chi connectivity index (χ2n) is 13.4. The number of nitrogens with two attached hydrogens (primary N) is 1. The predicted molar refractivity (Wildman–Crippen MR) is 215 cm³/mol. The Morgan fingerprint density at radius 1 is 0.521 bits per heavy atom. The summed E-state index contributed by atoms with van der Waals surface area (Å²) in [6.45, 7) is 11.0. The Bertz CT molecular complexity index is 677. The van der Waals surface area contributed by atoms with Gasteiger partial charge in [-0.25, -0.2) is 0 Å². The van der Waals surface area contributed by atoms with Crippen LogP contribution in [0.3, 0.4) is 0 Å². The molecule has 0 aromatic carbocycles. The van der Waals surface area contributed by atoms with E-state index in [9.17, 15) is 9.59 Å². The van der Waals surface area contributed by atoms with Gasteiger partial charge < -0.3 is 32.3 Å². The van der Waals surface area contributed by atoms with E-state index in [0.717, 1.165) is 77.1 Å². The van der Waals surface area contributed by atoms with Gasteiger partial charge in [0.2, 0.25) is 11.8 Å². The van der Waals surface area contributed by atoms with E-state index in [4.69, 9.17) is 5.73 Å². The van der Waals surface area contributed by atoms with Crippen molar-refractivity contribution in [2.45, 2.75) is 168 Å². The molecule has 0 unspecified atom stereocenters. The maximum Gasteiger partial charge on any atom is 0.243 e. The minimum atomic E-state index is -0.490. The molecule has 0 radical (unpaired) electrons. The van der Waals surface area contributed by atoms with Crippen molar-refractivity contribution in [1.82, 2.24) is 26.6 Å². The van der Waals surface area contributed by atoms with Crippen LogP contribution < -0.4 is 32.3 Å². The van der Waals surface area contributed by atoms with E-state index in [1.165, 1.54) is 116 Å². The first-order valence-electron chi connectivity index (χ1n) is 20.3. The van der Waals surface area contributed by atoms with Crippen molar-refractivity contribution in [1.29, 1.82) is 0 Å². The first kappa shape index (κ1) is 47.5. The van der Waals surface area contributed by atoms with Crippen LogP contribution in [0.5, 0.6) is 0 Å². The molecule has 8 nitrogen and oxygen atoms in total. The van der Waals surface area contributed by atoms with Gasteiger partial charge in [0.1, 0.15) is 6.04 Å². The monoisotopic (exact) mass is 717 g/mol. The van der Waals surface area contributed by atoms with Crippen LogP contribution >= 0.6 is 21.6 Å². The summed E-state index contributed by atoms with van der Waals surface area (Å²) in [7, 11) is 3.51. The summed E-state index contributed by atoms with van der Waals surface area (Å²) in [5, 5.41) is 16.2. The van der Waals surface area contributed by atoms with Crippen molar-refractivity contribution < 1.29 is 9.59 Å². The molecule has 0 aromatic rings. The third-order valence-corrected chi connectivity index (χ3v) is 11.1. The maximum atomic E-state index is 13.0. The standard InChI is InChI=1S/C38H80N6O2S2/c1-3-5-7-8-9-10-11-12-13-14-15-16-17-18-19-20-32-43-38(46)36(35-48-47-33-23-6-4-2)44-37(45)34-42-31-25-30-41-28-22-21-27-40-29-24-26-39/h36,40-42H,3-35,39H2,1-2H3,(H,43,46)(H,44,45)/t36-/m0/s1. The summed E-state index contributed by atoms with van der Waals surface area (Å²) in [5.41, 5.74) is 5.51. The van der Waals surface area contributed by atoms with Gasteiger partial charge in [-0.3, -0.25) is 9.59 Å². The first-order valence-corrected chi connectivity index (χ1v) is 22.8. The van der Waals surface area contributed by atoms with Crippen LogP contribution in [-0.4, -0.2) is 81.7 Å². The van der Waals surface area contributed by atoms with Gasteiger partial charge in [-0.2, -0.15) is 0 Å². The lowest BCUT2D eigenvalue weighted by Crippen LogP contribution is -2.50. The maximum absolute atomic E-state index is 13.0. The average molecular weight is 717 g/mol. The van der Waals surface area contributed by atoms with Crippen molar-refractivity contribution in [2.24, 2.45) is 5.73 Å². The highest BCUT2D eigenvalue weighted by Crippen LogP contribution is 2.23. The zero-order chi connectivity index (χ0) is 35.0. The van der Waals surface area contributed by atoms with E-state index in [2.05, 4.69) is 40.4 Å². The highest BCUT2D eigenvalue weighted by molar-refractivity contribution is 8.76. The van der Waals surface area contributed by atoms with Crippen LogP contribution in [-0.2, 0) is 9.59 Å². The summed E-state index contributed by atoms with van der Waals surface area (Å²) in [6, 6.07) is -0.490. The van der Waals surface area contributed by atoms with Crippen molar-refractivity contribution in [3.8, 4) is 0 Å². The Kier molecular flexibility index (Phi) is 40.5. The van der Waals surface area contributed by atoms with Gasteiger partial charge in [0, 0.05) is 18.1 Å². The van der Waals surface area contributed by atoms with E-state index in [-0.39, 0.29) is 18.4 Å². The van der Waals surface area contributed by atoms with Gasteiger partial charge in [0.15, 0.2) is 0 Å². The predicted octanol–water partition coefficient (Wildman–Crippen LogP) is 7.71. The third-order valence-electron chi connectivity index (χ3n) is 8.64. The molecule has 0 saturated carbocycles. The molecule has 10 heteroatoms. The Balaban J connectivity index is 3.98. The molecule has 0 fully saturated rings. The molecule has 0 aliphatic heterocycles. The SMILES string of the molecule is CCCCCCCCCCCCCCCCCCNC(=O)[C@H](CSSCCCCC)NC(=O)CNCCCNCCCCNCCCN. The fraction of sp³-hybridized carbons (Fsp3) is 0.947. The van der Waals surface area contributed by atoms with E-state index in [0.29, 0.717) is 12.3 Å². The molecule has 286 valence electrons. The van der Waals surface area contributed by atoms with Gasteiger partial charge in [-0.1, -0.05) is 145 Å². The Hall–Kier alpha value is -0.520. The molecule has 7 N–H and O–H groups in total. The van der Waals surface area contributed by atoms with Gasteiger partial charge in [0.25, 0.3) is 0 Å². The van der Waals surface area contributed by atoms with Crippen LogP contribution in [0.25, 0.3) is 0 Å². The summed E-state index contributed by atoms with van der Waals surface area (Å²) in [4.78, 5) is 25.7. The highest BCUT2D eigenvalue weighted by atomic mass is 33.1. The van der Waals surface area contributed by atoms with Crippen LogP contribution in [0, 0.1) is 0 Å². The number of amides is 2. The number of unbranched alkanes of at least 4 members (excludes halogenated alkanes) is 18. The largest absolute Gasteiger partial charge is 0.354 e. The molecule has 0 aromatic heterocycles. The Morgan fingerprint density at radius 3 is 1.54 bits per heavy atom. The lowest BCUT2D eigenvalue weighted by atomic mass is 10.0. The van der Waals surface area contributed by atoms with E-state index in [1.54, 1.807) is 10.8 Å². The number of hydrogen-bond acceptors (Lipinski definition) is 8. The van der Waals surface area contributed by atoms with E-state index in [1.807, 2.05) is 10.8 Å². The van der Waals surface area contributed by atoms with Crippen LogP contribution in [0.1, 0.15) is 162 Å². The lowest BCUT2D eigenvalue weighted by molar-refractivity contribution is -0.128. The number of carbonyl (C=O) groups excluding carboxylic acids is 2. The quantitative estimate of drug-likeness (QED) is 0.0282. The number of nitrogens with one attached hydrogen (secondary N) is 5. The smallest absolute Gasteiger partial charge is 0.243 e. The summed E-state index contributed by atoms with van der Waals surface area (Å²) in [5.74, 6) is 1.52. The van der Waals surface area contributed by atoms with Crippen LogP contribution in [0.2, 0.25) is 0 Å². The normalized spacial score (nSPS) is 12.0. The van der Waals surface area contributed by atoms with Crippen molar-refractivity contribution in [2.75, 3.05) is 63.9 Å². The minimum Gasteiger partial charge on any atom is -0.354 e. The highest BCUT2D eigenvalue weighted by Gasteiger charge is 2.20. The molecular weight excluding hydrogens is 637 g/mol. The van der Waals surface area contributed by atoms with Crippen molar-refractivity contribution >= 4 is 33.4 Å². The fourth-order valence-electron chi connectivity index (χ4n) is 5.54. The van der Waals surface area contributed by atoms with Gasteiger partial charge in [-0.15, -0.1) is 0 Å². The zero-order valence-corrected chi connectivity index (χ0v) is 33.3. The Labute approximate surface area is 305 Å². The topological polar surface area (TPSA) is 120 Å². The molecule has 1 atom stereocenters. The van der Waals surface area contributed by atoms with Crippen molar-refractivity contribution in [3.05, 3.63) is 0 Å². The van der Waals surface area contributed by atoms with Gasteiger partial charge in [0.05, 0.1) is 6.54 Å². The van der Waals surface area contributed by atoms with Crippen LogP contribution in [0.4, 0.5) is 0 Å². The first-order chi connectivity index (χ1) is 23.7. The molecule has 0 heterocycles. The molecule has 0 aliphatic rings. The second kappa shape index (κ2) is 40.9.